The molecule has 3 atom stereocenters. The number of nitrogens with zero attached hydrogens (tertiary/aromatic N) is 1. The van der Waals surface area contributed by atoms with Gasteiger partial charge in [-0.3, -0.25) is 19.3 Å². The summed E-state index contributed by atoms with van der Waals surface area (Å²) in [5.41, 5.74) is 5.57. The highest BCUT2D eigenvalue weighted by atomic mass is 19.1. The highest BCUT2D eigenvalue weighted by Gasteiger charge is 2.63. The zero-order valence-electron chi connectivity index (χ0n) is 21.0. The van der Waals surface area contributed by atoms with Crippen LogP contribution in [0.25, 0.3) is 0 Å². The van der Waals surface area contributed by atoms with Gasteiger partial charge in [0.15, 0.2) is 0 Å². The molecule has 0 unspecified atom stereocenters. The van der Waals surface area contributed by atoms with E-state index in [4.69, 9.17) is 0 Å². The Labute approximate surface area is 225 Å². The fraction of sp³-hybridized carbons (Fsp3) is 0.182. The molecule has 8 rings (SSSR count). The minimum atomic E-state index is -1.05. The molecule has 0 radical (unpaired) electrons. The fourth-order valence-electron chi connectivity index (χ4n) is 6.90. The van der Waals surface area contributed by atoms with E-state index in [1.807, 2.05) is 54.6 Å². The third kappa shape index (κ3) is 3.62. The SMILES string of the molecule is O=C(Nc1ccc(F)cc1)[C@@H](Cc1ccccc1)N1C(=O)[C@@H]2C3c4ccccc4C(c4ccccc43)[C@@H]2C1=O. The van der Waals surface area contributed by atoms with Crippen LogP contribution in [-0.4, -0.2) is 28.7 Å². The van der Waals surface area contributed by atoms with Gasteiger partial charge in [-0.1, -0.05) is 78.9 Å². The number of nitrogens with one attached hydrogen (secondary N) is 1. The van der Waals surface area contributed by atoms with E-state index in [-0.39, 0.29) is 30.1 Å². The largest absolute Gasteiger partial charge is 0.324 e. The van der Waals surface area contributed by atoms with Gasteiger partial charge in [-0.25, -0.2) is 4.39 Å². The summed E-state index contributed by atoms with van der Waals surface area (Å²) >= 11 is 0. The van der Waals surface area contributed by atoms with Gasteiger partial charge in [0.2, 0.25) is 17.7 Å². The van der Waals surface area contributed by atoms with Gasteiger partial charge in [-0.15, -0.1) is 0 Å². The van der Waals surface area contributed by atoms with Gasteiger partial charge in [0.1, 0.15) is 11.9 Å². The lowest BCUT2D eigenvalue weighted by Gasteiger charge is -2.45. The zero-order valence-corrected chi connectivity index (χ0v) is 21.0. The molecule has 6 heteroatoms. The Kier molecular flexibility index (Phi) is 5.44. The second-order valence-corrected chi connectivity index (χ2v) is 10.5. The molecule has 1 saturated heterocycles. The van der Waals surface area contributed by atoms with Crippen LogP contribution in [0.5, 0.6) is 0 Å². The molecule has 1 aliphatic heterocycles. The fourth-order valence-corrected chi connectivity index (χ4v) is 6.90. The Bertz CT molecular complexity index is 1500. The van der Waals surface area contributed by atoms with Crippen molar-refractivity contribution in [2.45, 2.75) is 24.3 Å². The highest BCUT2D eigenvalue weighted by Crippen LogP contribution is 2.61. The number of halogens is 1. The third-order valence-electron chi connectivity index (χ3n) is 8.48. The molecule has 1 fully saturated rings. The number of hydrogen-bond acceptors (Lipinski definition) is 3. The summed E-state index contributed by atoms with van der Waals surface area (Å²) in [5.74, 6) is -3.13. The number of carbonyl (C=O) groups excluding carboxylic acids is 3. The standard InChI is InChI=1S/C33H25FN2O3/c34-20-14-16-21(17-15-20)35-31(37)26(18-19-8-2-1-3-9-19)36-32(38)29-27-22-10-4-5-11-23(22)28(30(29)33(36)39)25-13-7-6-12-24(25)27/h1-17,26-30H,18H2,(H,35,37)/t26-,27?,28?,29-,30+/m1/s1. The van der Waals surface area contributed by atoms with Crippen LogP contribution in [-0.2, 0) is 20.8 Å². The molecule has 0 aromatic heterocycles. The minimum Gasteiger partial charge on any atom is -0.324 e. The summed E-state index contributed by atoms with van der Waals surface area (Å²) in [6.07, 6.45) is 0.181. The summed E-state index contributed by atoms with van der Waals surface area (Å²) < 4.78 is 13.5. The molecule has 4 aromatic carbocycles. The van der Waals surface area contributed by atoms with Gasteiger partial charge >= 0.3 is 0 Å². The molecular weight excluding hydrogens is 491 g/mol. The van der Waals surface area contributed by atoms with Crippen LogP contribution in [0.3, 0.4) is 0 Å². The molecule has 4 aromatic rings. The van der Waals surface area contributed by atoms with Gasteiger partial charge in [0, 0.05) is 23.9 Å². The topological polar surface area (TPSA) is 66.5 Å². The molecular formula is C33H25FN2O3. The quantitative estimate of drug-likeness (QED) is 0.368. The number of imide groups is 1. The summed E-state index contributed by atoms with van der Waals surface area (Å²) in [7, 11) is 0. The molecule has 5 nitrogen and oxygen atoms in total. The monoisotopic (exact) mass is 516 g/mol. The molecule has 39 heavy (non-hydrogen) atoms. The van der Waals surface area contributed by atoms with Crippen LogP contribution >= 0.6 is 0 Å². The number of amides is 3. The summed E-state index contributed by atoms with van der Waals surface area (Å²) in [4.78, 5) is 43.5. The molecule has 3 amide bonds. The van der Waals surface area contributed by atoms with Gasteiger partial charge < -0.3 is 5.32 Å². The first-order chi connectivity index (χ1) is 19.0. The predicted octanol–water partition coefficient (Wildman–Crippen LogP) is 5.27. The maximum Gasteiger partial charge on any atom is 0.248 e. The number of rotatable bonds is 5. The lowest BCUT2D eigenvalue weighted by atomic mass is 9.55. The molecule has 2 bridgehead atoms. The molecule has 1 N–H and O–H groups in total. The predicted molar refractivity (Wildman–Crippen MR) is 144 cm³/mol. The van der Waals surface area contributed by atoms with Crippen molar-refractivity contribution in [3.8, 4) is 0 Å². The van der Waals surface area contributed by atoms with Crippen molar-refractivity contribution in [1.29, 1.82) is 0 Å². The zero-order chi connectivity index (χ0) is 26.7. The summed E-state index contributed by atoms with van der Waals surface area (Å²) in [6, 6.07) is 29.9. The van der Waals surface area contributed by atoms with E-state index in [1.54, 1.807) is 0 Å². The average molecular weight is 517 g/mol. The van der Waals surface area contributed by atoms with Crippen molar-refractivity contribution in [2.24, 2.45) is 11.8 Å². The van der Waals surface area contributed by atoms with Crippen molar-refractivity contribution in [3.05, 3.63) is 137 Å². The van der Waals surface area contributed by atoms with E-state index in [2.05, 4.69) is 29.6 Å². The van der Waals surface area contributed by atoms with Crippen molar-refractivity contribution in [2.75, 3.05) is 5.32 Å². The van der Waals surface area contributed by atoms with Crippen molar-refractivity contribution < 1.29 is 18.8 Å². The number of benzene rings is 4. The van der Waals surface area contributed by atoms with Crippen LogP contribution in [0, 0.1) is 17.7 Å². The van der Waals surface area contributed by atoms with Gasteiger partial charge in [0.25, 0.3) is 0 Å². The lowest BCUT2D eigenvalue weighted by Crippen LogP contribution is -2.49. The van der Waals surface area contributed by atoms with E-state index in [1.165, 1.54) is 29.2 Å². The Morgan fingerprint density at radius 2 is 1.15 bits per heavy atom. The van der Waals surface area contributed by atoms with Crippen LogP contribution in [0.15, 0.2) is 103 Å². The Balaban J connectivity index is 1.31. The second-order valence-electron chi connectivity index (χ2n) is 10.5. The molecule has 3 aliphatic carbocycles. The molecule has 0 saturated carbocycles. The second kappa shape index (κ2) is 9.02. The van der Waals surface area contributed by atoms with Gasteiger partial charge in [0.05, 0.1) is 11.8 Å². The number of hydrogen-bond donors (Lipinski definition) is 1. The first-order valence-corrected chi connectivity index (χ1v) is 13.2. The van der Waals surface area contributed by atoms with Crippen molar-refractivity contribution >= 4 is 23.4 Å². The lowest BCUT2D eigenvalue weighted by molar-refractivity contribution is -0.146. The van der Waals surface area contributed by atoms with Crippen molar-refractivity contribution in [3.63, 3.8) is 0 Å². The first kappa shape index (κ1) is 23.5. The van der Waals surface area contributed by atoms with Gasteiger partial charge in [-0.2, -0.15) is 0 Å². The summed E-state index contributed by atoms with van der Waals surface area (Å²) in [5, 5.41) is 2.81. The van der Waals surface area contributed by atoms with Crippen LogP contribution in [0.1, 0.15) is 39.7 Å². The first-order valence-electron chi connectivity index (χ1n) is 13.2. The molecule has 192 valence electrons. The van der Waals surface area contributed by atoms with Crippen LogP contribution in [0.2, 0.25) is 0 Å². The maximum absolute atomic E-state index is 14.3. The summed E-state index contributed by atoms with van der Waals surface area (Å²) in [6.45, 7) is 0. The third-order valence-corrected chi connectivity index (χ3v) is 8.48. The van der Waals surface area contributed by atoms with Gasteiger partial charge in [-0.05, 0) is 52.1 Å². The van der Waals surface area contributed by atoms with E-state index in [0.717, 1.165) is 27.8 Å². The van der Waals surface area contributed by atoms with E-state index in [0.29, 0.717) is 5.69 Å². The van der Waals surface area contributed by atoms with E-state index < -0.39 is 29.6 Å². The maximum atomic E-state index is 14.3. The van der Waals surface area contributed by atoms with Crippen molar-refractivity contribution in [1.82, 2.24) is 4.90 Å². The molecule has 0 spiro atoms. The minimum absolute atomic E-state index is 0.181. The molecule has 4 aliphatic rings. The smallest absolute Gasteiger partial charge is 0.248 e. The normalized spacial score (nSPS) is 23.2. The Morgan fingerprint density at radius 3 is 1.64 bits per heavy atom. The highest BCUT2D eigenvalue weighted by molar-refractivity contribution is 6.11. The van der Waals surface area contributed by atoms with Crippen LogP contribution < -0.4 is 5.32 Å². The number of likely N-dealkylation sites (tertiary alicyclic amines) is 1. The molecule has 1 heterocycles. The Morgan fingerprint density at radius 1 is 0.692 bits per heavy atom. The van der Waals surface area contributed by atoms with E-state index in [9.17, 15) is 18.8 Å². The van der Waals surface area contributed by atoms with E-state index >= 15 is 0 Å². The average Bonchev–Trinajstić information content (AvgIpc) is 3.23. The number of anilines is 1. The van der Waals surface area contributed by atoms with Crippen LogP contribution in [0.4, 0.5) is 10.1 Å². The number of carbonyl (C=O) groups is 3. The Hall–Kier alpha value is -4.58.